The van der Waals surface area contributed by atoms with E-state index < -0.39 is 0 Å². The Labute approximate surface area is 174 Å². The lowest BCUT2D eigenvalue weighted by Gasteiger charge is -2.15. The Morgan fingerprint density at radius 3 is 1.04 bits per heavy atom. The Morgan fingerprint density at radius 2 is 0.731 bits per heavy atom. The quantitative estimate of drug-likeness (QED) is 0.108. The third-order valence-corrected chi connectivity index (χ3v) is 5.73. The Bertz CT molecular complexity index is 289. The number of hydrogen-bond acceptors (Lipinski definition) is 4. The normalized spacial score (nSPS) is 12.5. The third kappa shape index (κ3) is 16.5. The van der Waals surface area contributed by atoms with Crippen LogP contribution in [0.5, 0.6) is 0 Å². The fourth-order valence-corrected chi connectivity index (χ4v) is 3.99. The van der Waals surface area contributed by atoms with Gasteiger partial charge in [-0.2, -0.15) is 25.3 Å². The van der Waals surface area contributed by atoms with Gasteiger partial charge in [0.15, 0.2) is 0 Å². The van der Waals surface area contributed by atoms with E-state index in [4.69, 9.17) is 0 Å². The first kappa shape index (κ1) is 26.4. The molecule has 2 nitrogen and oxygen atoms in total. The van der Waals surface area contributed by atoms with Gasteiger partial charge in [0.25, 0.3) is 0 Å². The molecule has 0 saturated heterocycles. The summed E-state index contributed by atoms with van der Waals surface area (Å²) in [6.45, 7) is 0.464. The molecule has 156 valence electrons. The van der Waals surface area contributed by atoms with Gasteiger partial charge in [-0.3, -0.25) is 0 Å². The number of aliphatic hydroxyl groups excluding tert-OH is 2. The molecule has 0 aliphatic heterocycles. The van der Waals surface area contributed by atoms with Crippen molar-refractivity contribution in [3.8, 4) is 0 Å². The molecule has 0 aromatic carbocycles. The van der Waals surface area contributed by atoms with Gasteiger partial charge in [0.2, 0.25) is 0 Å². The second-order valence-corrected chi connectivity index (χ2v) is 8.24. The lowest BCUT2D eigenvalue weighted by atomic mass is 9.92. The number of thiol groups is 2. The van der Waals surface area contributed by atoms with E-state index in [-0.39, 0.29) is 13.2 Å². The van der Waals surface area contributed by atoms with E-state index in [9.17, 15) is 10.2 Å². The highest BCUT2D eigenvalue weighted by atomic mass is 32.1. The number of rotatable bonds is 20. The fraction of sp³-hybridized carbons (Fsp3) is 0.909. The van der Waals surface area contributed by atoms with Crippen LogP contribution in [-0.2, 0) is 0 Å². The van der Waals surface area contributed by atoms with Crippen LogP contribution in [0.3, 0.4) is 0 Å². The fourth-order valence-electron chi connectivity index (χ4n) is 3.54. The molecular formula is C22H44O2S2. The summed E-state index contributed by atoms with van der Waals surface area (Å²) in [7, 11) is 0. The Balaban J connectivity index is 4.19. The molecule has 0 rings (SSSR count). The summed E-state index contributed by atoms with van der Waals surface area (Å²) in [6, 6.07) is 0. The minimum atomic E-state index is 0.232. The summed E-state index contributed by atoms with van der Waals surface area (Å²) in [6.07, 6.45) is 19.1. The van der Waals surface area contributed by atoms with Crippen LogP contribution in [-0.4, -0.2) is 34.9 Å². The highest BCUT2D eigenvalue weighted by Gasteiger charge is 2.07. The lowest BCUT2D eigenvalue weighted by molar-refractivity contribution is 0.289. The van der Waals surface area contributed by atoms with Crippen molar-refractivity contribution >= 4 is 25.3 Å². The molecular weight excluding hydrogens is 360 g/mol. The first-order valence-electron chi connectivity index (χ1n) is 10.9. The van der Waals surface area contributed by atoms with Crippen molar-refractivity contribution in [2.24, 2.45) is 0 Å². The van der Waals surface area contributed by atoms with Crippen LogP contribution in [0.1, 0.15) is 103 Å². The van der Waals surface area contributed by atoms with Crippen molar-refractivity contribution in [2.75, 3.05) is 24.7 Å². The van der Waals surface area contributed by atoms with E-state index in [1.54, 1.807) is 0 Å². The number of hydrogen-bond donors (Lipinski definition) is 4. The van der Waals surface area contributed by atoms with Gasteiger partial charge in [-0.05, 0) is 62.9 Å². The molecule has 2 N–H and O–H groups in total. The summed E-state index contributed by atoms with van der Waals surface area (Å²) >= 11 is 8.52. The largest absolute Gasteiger partial charge is 0.396 e. The van der Waals surface area contributed by atoms with Crippen LogP contribution in [0.25, 0.3) is 0 Å². The summed E-state index contributed by atoms with van der Waals surface area (Å²) in [5.41, 5.74) is 2.85. The molecule has 26 heavy (non-hydrogen) atoms. The molecule has 0 aromatic heterocycles. The predicted molar refractivity (Wildman–Crippen MR) is 123 cm³/mol. The number of unbranched alkanes of at least 4 members (excludes halogenated alkanes) is 10. The zero-order valence-corrected chi connectivity index (χ0v) is 18.7. The highest BCUT2D eigenvalue weighted by molar-refractivity contribution is 7.80. The summed E-state index contributed by atoms with van der Waals surface area (Å²) in [5.74, 6) is 2.01. The maximum absolute atomic E-state index is 9.44. The maximum atomic E-state index is 9.44. The smallest absolute Gasteiger partial charge is 0.0468 e. The lowest BCUT2D eigenvalue weighted by Crippen LogP contribution is -2.00. The molecule has 0 bridgehead atoms. The first-order valence-corrected chi connectivity index (χ1v) is 12.2. The van der Waals surface area contributed by atoms with Crippen molar-refractivity contribution in [2.45, 2.75) is 103 Å². The van der Waals surface area contributed by atoms with Crippen LogP contribution in [0.4, 0.5) is 0 Å². The van der Waals surface area contributed by atoms with Gasteiger partial charge in [-0.25, -0.2) is 0 Å². The first-order chi connectivity index (χ1) is 12.8. The predicted octanol–water partition coefficient (Wildman–Crippen LogP) is 6.37. The van der Waals surface area contributed by atoms with E-state index in [2.05, 4.69) is 25.3 Å². The molecule has 0 aliphatic rings. The van der Waals surface area contributed by atoms with Gasteiger partial charge in [0.1, 0.15) is 0 Å². The van der Waals surface area contributed by atoms with E-state index in [1.807, 2.05) is 0 Å². The van der Waals surface area contributed by atoms with Gasteiger partial charge in [-0.1, -0.05) is 62.5 Å². The molecule has 0 heterocycles. The standard InChI is InChI=1S/C22H44O2S2/c23-17-15-21(13-9-5-1-3-7-11-19-25)22(16-18-24)14-10-6-2-4-8-12-20-26/h23-26H,1-20H2/b22-21-. The molecule has 0 aromatic rings. The molecule has 0 spiro atoms. The van der Waals surface area contributed by atoms with Crippen LogP contribution in [0.2, 0.25) is 0 Å². The van der Waals surface area contributed by atoms with E-state index in [0.717, 1.165) is 37.2 Å². The zero-order valence-electron chi connectivity index (χ0n) is 16.9. The zero-order chi connectivity index (χ0) is 19.3. The van der Waals surface area contributed by atoms with Gasteiger partial charge in [0.05, 0.1) is 0 Å². The Hall–Kier alpha value is 0.360. The van der Waals surface area contributed by atoms with Crippen molar-refractivity contribution < 1.29 is 10.2 Å². The van der Waals surface area contributed by atoms with E-state index >= 15 is 0 Å². The van der Waals surface area contributed by atoms with Crippen molar-refractivity contribution in [1.82, 2.24) is 0 Å². The third-order valence-electron chi connectivity index (χ3n) is 5.10. The molecule has 0 radical (unpaired) electrons. The molecule has 4 heteroatoms. The number of aliphatic hydroxyl groups is 2. The molecule has 0 amide bonds. The molecule has 0 fully saturated rings. The average molecular weight is 405 g/mol. The minimum Gasteiger partial charge on any atom is -0.396 e. The Morgan fingerprint density at radius 1 is 0.423 bits per heavy atom. The van der Waals surface area contributed by atoms with Crippen LogP contribution in [0.15, 0.2) is 11.1 Å². The van der Waals surface area contributed by atoms with Gasteiger partial charge >= 0.3 is 0 Å². The van der Waals surface area contributed by atoms with Gasteiger partial charge in [0, 0.05) is 13.2 Å². The topological polar surface area (TPSA) is 40.5 Å². The summed E-state index contributed by atoms with van der Waals surface area (Å²) in [5, 5.41) is 18.9. The van der Waals surface area contributed by atoms with Crippen LogP contribution < -0.4 is 0 Å². The molecule has 0 aliphatic carbocycles. The van der Waals surface area contributed by atoms with Gasteiger partial charge in [-0.15, -0.1) is 0 Å². The van der Waals surface area contributed by atoms with Crippen LogP contribution in [0, 0.1) is 0 Å². The minimum absolute atomic E-state index is 0.232. The molecule has 0 unspecified atom stereocenters. The highest BCUT2D eigenvalue weighted by Crippen LogP contribution is 2.24. The SMILES string of the molecule is OCC/C(CCCCCCCCS)=C(\CCO)CCCCCCCCS. The van der Waals surface area contributed by atoms with Gasteiger partial charge < -0.3 is 10.2 Å². The van der Waals surface area contributed by atoms with E-state index in [1.165, 1.54) is 88.2 Å². The summed E-state index contributed by atoms with van der Waals surface area (Å²) < 4.78 is 0. The molecule has 0 atom stereocenters. The van der Waals surface area contributed by atoms with E-state index in [0.29, 0.717) is 0 Å². The maximum Gasteiger partial charge on any atom is 0.0468 e. The second-order valence-electron chi connectivity index (χ2n) is 7.34. The van der Waals surface area contributed by atoms with Crippen LogP contribution >= 0.6 is 25.3 Å². The van der Waals surface area contributed by atoms with Crippen molar-refractivity contribution in [3.63, 3.8) is 0 Å². The second kappa shape index (κ2) is 21.7. The van der Waals surface area contributed by atoms with Crippen molar-refractivity contribution in [3.05, 3.63) is 11.1 Å². The van der Waals surface area contributed by atoms with Crippen molar-refractivity contribution in [1.29, 1.82) is 0 Å². The molecule has 0 saturated carbocycles. The summed E-state index contributed by atoms with van der Waals surface area (Å²) in [4.78, 5) is 0. The Kier molecular flexibility index (Phi) is 22.0. The average Bonchev–Trinajstić information content (AvgIpc) is 2.65. The monoisotopic (exact) mass is 404 g/mol.